The predicted octanol–water partition coefficient (Wildman–Crippen LogP) is 2.72. The Morgan fingerprint density at radius 2 is 1.86 bits per heavy atom. The summed E-state index contributed by atoms with van der Waals surface area (Å²) >= 11 is 0. The van der Waals surface area contributed by atoms with Gasteiger partial charge in [-0.3, -0.25) is 4.79 Å². The molecule has 0 radical (unpaired) electrons. The van der Waals surface area contributed by atoms with Gasteiger partial charge in [0.15, 0.2) is 11.5 Å². The molecule has 0 bridgehead atoms. The van der Waals surface area contributed by atoms with E-state index in [4.69, 9.17) is 9.47 Å². The number of carbonyl (C=O) groups excluding carboxylic acids is 1. The van der Waals surface area contributed by atoms with E-state index >= 15 is 0 Å². The Labute approximate surface area is 122 Å². The third-order valence-corrected chi connectivity index (χ3v) is 3.26. The largest absolute Gasteiger partial charge is 0.508 e. The quantitative estimate of drug-likeness (QED) is 0.890. The molecule has 0 spiro atoms. The minimum Gasteiger partial charge on any atom is -0.508 e. The summed E-state index contributed by atoms with van der Waals surface area (Å²) in [6.07, 6.45) is 0. The fraction of sp³-hybridized carbons (Fsp3) is 0.188. The zero-order valence-corrected chi connectivity index (χ0v) is 11.6. The van der Waals surface area contributed by atoms with Gasteiger partial charge in [0.05, 0.1) is 0 Å². The van der Waals surface area contributed by atoms with Gasteiger partial charge in [0.25, 0.3) is 5.91 Å². The molecule has 1 heterocycles. The van der Waals surface area contributed by atoms with Gasteiger partial charge in [-0.1, -0.05) is 0 Å². The van der Waals surface area contributed by atoms with Crippen LogP contribution >= 0.6 is 0 Å². The number of benzene rings is 2. The number of nitrogens with one attached hydrogen (secondary N) is 1. The van der Waals surface area contributed by atoms with Crippen molar-refractivity contribution >= 4 is 11.6 Å². The monoisotopic (exact) mass is 285 g/mol. The van der Waals surface area contributed by atoms with Gasteiger partial charge in [-0.05, 0) is 42.8 Å². The Bertz CT molecular complexity index is 697. The molecule has 1 aliphatic heterocycles. The first-order chi connectivity index (χ1) is 10.1. The lowest BCUT2D eigenvalue weighted by atomic mass is 10.1. The second kappa shape index (κ2) is 5.36. The molecule has 3 rings (SSSR count). The first kappa shape index (κ1) is 13.3. The van der Waals surface area contributed by atoms with Crippen molar-refractivity contribution in [2.24, 2.45) is 0 Å². The SMILES string of the molecule is Cc1cc(C(=O)Nc2ccc3c(c2)OCCO3)ccc1O. The molecular weight excluding hydrogens is 270 g/mol. The van der Waals surface area contributed by atoms with E-state index < -0.39 is 0 Å². The van der Waals surface area contributed by atoms with Crippen LogP contribution in [0.5, 0.6) is 17.2 Å². The lowest BCUT2D eigenvalue weighted by Crippen LogP contribution is -2.16. The number of aryl methyl sites for hydroxylation is 1. The number of rotatable bonds is 2. The summed E-state index contributed by atoms with van der Waals surface area (Å²) in [7, 11) is 0. The number of fused-ring (bicyclic) bond motifs is 1. The van der Waals surface area contributed by atoms with Crippen LogP contribution in [-0.4, -0.2) is 24.2 Å². The number of phenolic OH excluding ortho intramolecular Hbond substituents is 1. The van der Waals surface area contributed by atoms with Crippen molar-refractivity contribution in [3.8, 4) is 17.2 Å². The first-order valence-corrected chi connectivity index (χ1v) is 6.64. The van der Waals surface area contributed by atoms with E-state index in [1.165, 1.54) is 6.07 Å². The molecular formula is C16H15NO4. The summed E-state index contributed by atoms with van der Waals surface area (Å²) in [5, 5.41) is 12.3. The minimum absolute atomic E-state index is 0.172. The third kappa shape index (κ3) is 2.76. The molecule has 2 N–H and O–H groups in total. The second-order valence-corrected chi connectivity index (χ2v) is 4.81. The molecule has 2 aromatic rings. The van der Waals surface area contributed by atoms with Crippen LogP contribution in [0.3, 0.4) is 0 Å². The summed E-state index contributed by atoms with van der Waals surface area (Å²) in [6, 6.07) is 10.00. The highest BCUT2D eigenvalue weighted by Crippen LogP contribution is 2.32. The Kier molecular flexibility index (Phi) is 3.39. The maximum Gasteiger partial charge on any atom is 0.255 e. The molecule has 2 aromatic carbocycles. The molecule has 0 unspecified atom stereocenters. The third-order valence-electron chi connectivity index (χ3n) is 3.26. The van der Waals surface area contributed by atoms with Gasteiger partial charge in [-0.25, -0.2) is 0 Å². The molecule has 0 fully saturated rings. The lowest BCUT2D eigenvalue weighted by Gasteiger charge is -2.19. The van der Waals surface area contributed by atoms with E-state index in [1.807, 2.05) is 0 Å². The van der Waals surface area contributed by atoms with Crippen molar-refractivity contribution in [1.82, 2.24) is 0 Å². The van der Waals surface area contributed by atoms with Crippen LogP contribution in [0, 0.1) is 6.92 Å². The molecule has 5 heteroatoms. The smallest absolute Gasteiger partial charge is 0.255 e. The number of hydrogen-bond donors (Lipinski definition) is 2. The molecule has 1 amide bonds. The number of carbonyl (C=O) groups is 1. The van der Waals surface area contributed by atoms with E-state index in [2.05, 4.69) is 5.32 Å². The van der Waals surface area contributed by atoms with Crippen LogP contribution < -0.4 is 14.8 Å². The van der Waals surface area contributed by atoms with E-state index in [-0.39, 0.29) is 11.7 Å². The van der Waals surface area contributed by atoms with Crippen LogP contribution in [0.1, 0.15) is 15.9 Å². The number of amides is 1. The summed E-state index contributed by atoms with van der Waals surface area (Å²) in [5.74, 6) is 1.24. The summed E-state index contributed by atoms with van der Waals surface area (Å²) in [5.41, 5.74) is 1.78. The van der Waals surface area contributed by atoms with Crippen LogP contribution in [-0.2, 0) is 0 Å². The van der Waals surface area contributed by atoms with Crippen LogP contribution in [0.2, 0.25) is 0 Å². The van der Waals surface area contributed by atoms with Crippen molar-refractivity contribution in [2.45, 2.75) is 6.92 Å². The van der Waals surface area contributed by atoms with Crippen molar-refractivity contribution in [3.63, 3.8) is 0 Å². The fourth-order valence-electron chi connectivity index (χ4n) is 2.12. The number of phenols is 1. The van der Waals surface area contributed by atoms with Gasteiger partial charge in [-0.15, -0.1) is 0 Å². The van der Waals surface area contributed by atoms with Crippen LogP contribution in [0.15, 0.2) is 36.4 Å². The average molecular weight is 285 g/mol. The Morgan fingerprint density at radius 3 is 2.62 bits per heavy atom. The van der Waals surface area contributed by atoms with Gasteiger partial charge in [0, 0.05) is 17.3 Å². The van der Waals surface area contributed by atoms with Crippen LogP contribution in [0.4, 0.5) is 5.69 Å². The maximum atomic E-state index is 12.2. The zero-order valence-electron chi connectivity index (χ0n) is 11.6. The highest BCUT2D eigenvalue weighted by Gasteiger charge is 2.13. The van der Waals surface area contributed by atoms with Crippen molar-refractivity contribution in [1.29, 1.82) is 0 Å². The van der Waals surface area contributed by atoms with Crippen molar-refractivity contribution in [3.05, 3.63) is 47.5 Å². The number of anilines is 1. The van der Waals surface area contributed by atoms with Gasteiger partial charge in [-0.2, -0.15) is 0 Å². The normalized spacial score (nSPS) is 12.8. The molecule has 108 valence electrons. The minimum atomic E-state index is -0.241. The first-order valence-electron chi connectivity index (χ1n) is 6.64. The van der Waals surface area contributed by atoms with Gasteiger partial charge >= 0.3 is 0 Å². The standard InChI is InChI=1S/C16H15NO4/c1-10-8-11(2-4-13(10)18)16(19)17-12-3-5-14-15(9-12)21-7-6-20-14/h2-5,8-9,18H,6-7H2,1H3,(H,17,19). The highest BCUT2D eigenvalue weighted by atomic mass is 16.6. The Morgan fingerprint density at radius 1 is 1.10 bits per heavy atom. The zero-order chi connectivity index (χ0) is 14.8. The second-order valence-electron chi connectivity index (χ2n) is 4.81. The number of aromatic hydroxyl groups is 1. The molecule has 21 heavy (non-hydrogen) atoms. The Balaban J connectivity index is 1.79. The van der Waals surface area contributed by atoms with Gasteiger partial charge < -0.3 is 19.9 Å². The number of ether oxygens (including phenoxy) is 2. The molecule has 1 aliphatic rings. The molecule has 0 atom stereocenters. The maximum absolute atomic E-state index is 12.2. The molecule has 0 aromatic heterocycles. The lowest BCUT2D eigenvalue weighted by molar-refractivity contribution is 0.102. The average Bonchev–Trinajstić information content (AvgIpc) is 2.50. The van der Waals surface area contributed by atoms with Crippen LogP contribution in [0.25, 0.3) is 0 Å². The summed E-state index contributed by atoms with van der Waals surface area (Å²) in [4.78, 5) is 12.2. The van der Waals surface area contributed by atoms with E-state index in [0.29, 0.717) is 41.5 Å². The molecule has 0 aliphatic carbocycles. The van der Waals surface area contributed by atoms with Gasteiger partial charge in [0.1, 0.15) is 19.0 Å². The van der Waals surface area contributed by atoms with E-state index in [0.717, 1.165) is 0 Å². The molecule has 5 nitrogen and oxygen atoms in total. The molecule has 0 saturated carbocycles. The van der Waals surface area contributed by atoms with Crippen molar-refractivity contribution < 1.29 is 19.4 Å². The summed E-state index contributed by atoms with van der Waals surface area (Å²) in [6.45, 7) is 2.78. The molecule has 0 saturated heterocycles. The van der Waals surface area contributed by atoms with Gasteiger partial charge in [0.2, 0.25) is 0 Å². The number of hydrogen-bond acceptors (Lipinski definition) is 4. The Hall–Kier alpha value is -2.69. The topological polar surface area (TPSA) is 67.8 Å². The predicted molar refractivity (Wildman–Crippen MR) is 78.2 cm³/mol. The summed E-state index contributed by atoms with van der Waals surface area (Å²) < 4.78 is 10.9. The fourth-order valence-corrected chi connectivity index (χ4v) is 2.12. The van der Waals surface area contributed by atoms with E-state index in [1.54, 1.807) is 37.3 Å². The van der Waals surface area contributed by atoms with Crippen molar-refractivity contribution in [2.75, 3.05) is 18.5 Å². The van der Waals surface area contributed by atoms with E-state index in [9.17, 15) is 9.90 Å². The highest BCUT2D eigenvalue weighted by molar-refractivity contribution is 6.04.